The molecule has 0 aromatic heterocycles. The van der Waals surface area contributed by atoms with Crippen molar-refractivity contribution in [1.82, 2.24) is 0 Å². The molecule has 2 fully saturated rings. The number of Topliss-reactive ketones (excluding diaryl/α,β-unsaturated/α-hetero) is 1. The molecule has 0 aliphatic heterocycles. The van der Waals surface area contributed by atoms with Crippen LogP contribution in [-0.4, -0.2) is 5.78 Å². The van der Waals surface area contributed by atoms with E-state index in [1.54, 1.807) is 0 Å². The summed E-state index contributed by atoms with van der Waals surface area (Å²) in [6.07, 6.45) is 5.18. The first-order valence-corrected chi connectivity index (χ1v) is 7.99. The maximum Gasteiger partial charge on any atom is 0.139 e. The van der Waals surface area contributed by atoms with Crippen LogP contribution in [0.4, 0.5) is 0 Å². The fraction of sp³-hybridized carbons (Fsp3) is 0.611. The lowest BCUT2D eigenvalue weighted by atomic mass is 9.55. The highest BCUT2D eigenvalue weighted by Crippen LogP contribution is 2.60. The van der Waals surface area contributed by atoms with Crippen molar-refractivity contribution >= 4 is 5.78 Å². The molecule has 0 heterocycles. The van der Waals surface area contributed by atoms with Gasteiger partial charge in [-0.2, -0.15) is 0 Å². The van der Waals surface area contributed by atoms with Gasteiger partial charge in [0.1, 0.15) is 5.78 Å². The average Bonchev–Trinajstić information content (AvgIpc) is 2.76. The largest absolute Gasteiger partial charge is 0.324 e. The molecule has 3 aliphatic rings. The Morgan fingerprint density at radius 2 is 1.95 bits per heavy atom. The zero-order valence-electron chi connectivity index (χ0n) is 12.1. The number of hydrogen-bond donors (Lipinski definition) is 1. The molecule has 2 heteroatoms. The molecule has 1 unspecified atom stereocenters. The summed E-state index contributed by atoms with van der Waals surface area (Å²) < 4.78 is 0. The summed E-state index contributed by atoms with van der Waals surface area (Å²) in [5.74, 6) is 2.32. The monoisotopic (exact) mass is 269 g/mol. The highest BCUT2D eigenvalue weighted by molar-refractivity contribution is 5.87. The summed E-state index contributed by atoms with van der Waals surface area (Å²) >= 11 is 0. The van der Waals surface area contributed by atoms with Gasteiger partial charge in [-0.1, -0.05) is 31.2 Å². The van der Waals surface area contributed by atoms with Crippen LogP contribution in [0.2, 0.25) is 0 Å². The second-order valence-corrected chi connectivity index (χ2v) is 7.27. The Labute approximate surface area is 120 Å². The lowest BCUT2D eigenvalue weighted by molar-refractivity contribution is -0.129. The summed E-state index contributed by atoms with van der Waals surface area (Å²) in [6, 6.07) is 8.87. The fourth-order valence-electron chi connectivity index (χ4n) is 5.38. The maximum atomic E-state index is 12.3. The Morgan fingerprint density at radius 1 is 1.20 bits per heavy atom. The van der Waals surface area contributed by atoms with Gasteiger partial charge in [-0.3, -0.25) is 4.79 Å². The molecule has 3 aliphatic carbocycles. The zero-order chi connectivity index (χ0) is 13.9. The smallest absolute Gasteiger partial charge is 0.139 e. The van der Waals surface area contributed by atoms with Crippen molar-refractivity contribution in [3.63, 3.8) is 0 Å². The lowest BCUT2D eigenvalue weighted by Crippen LogP contribution is -2.44. The van der Waals surface area contributed by atoms with Crippen LogP contribution in [0.25, 0.3) is 0 Å². The van der Waals surface area contributed by atoms with Crippen molar-refractivity contribution in [2.75, 3.05) is 0 Å². The maximum absolute atomic E-state index is 12.3. The van der Waals surface area contributed by atoms with Crippen molar-refractivity contribution in [3.05, 3.63) is 35.4 Å². The van der Waals surface area contributed by atoms with Crippen molar-refractivity contribution in [2.24, 2.45) is 23.0 Å². The standard InChI is InChI=1S/C18H23NO/c1-18-9-8-12-11-4-2-3-5-13(11)16(19)10-14(12)15(18)6-7-17(18)20/h2-5,12,14-16H,6-10,19H2,1H3/t12-,14-,15+,16?,18+/m1/s1. The van der Waals surface area contributed by atoms with Crippen molar-refractivity contribution < 1.29 is 4.79 Å². The topological polar surface area (TPSA) is 43.1 Å². The zero-order valence-corrected chi connectivity index (χ0v) is 12.1. The van der Waals surface area contributed by atoms with Gasteiger partial charge in [0.15, 0.2) is 0 Å². The number of ketones is 1. The van der Waals surface area contributed by atoms with Gasteiger partial charge in [-0.05, 0) is 54.6 Å². The van der Waals surface area contributed by atoms with E-state index in [4.69, 9.17) is 5.73 Å². The molecule has 1 aromatic rings. The van der Waals surface area contributed by atoms with Crippen LogP contribution in [-0.2, 0) is 4.79 Å². The van der Waals surface area contributed by atoms with Crippen LogP contribution in [0.3, 0.4) is 0 Å². The Bertz CT molecular complexity index is 566. The Morgan fingerprint density at radius 3 is 2.75 bits per heavy atom. The van der Waals surface area contributed by atoms with E-state index in [1.807, 2.05) is 0 Å². The van der Waals surface area contributed by atoms with Gasteiger partial charge in [0.25, 0.3) is 0 Å². The summed E-state index contributed by atoms with van der Waals surface area (Å²) in [4.78, 5) is 12.3. The Balaban J connectivity index is 1.77. The molecular formula is C18H23NO. The number of carbonyl (C=O) groups is 1. The third kappa shape index (κ3) is 1.52. The molecule has 2 saturated carbocycles. The predicted octanol–water partition coefficient (Wildman–Crippen LogP) is 3.57. The first kappa shape index (κ1) is 12.6. The van der Waals surface area contributed by atoms with Crippen LogP contribution in [0.1, 0.15) is 62.1 Å². The third-order valence-electron chi connectivity index (χ3n) is 6.47. The molecular weight excluding hydrogens is 246 g/mol. The number of benzene rings is 1. The minimum Gasteiger partial charge on any atom is -0.324 e. The van der Waals surface area contributed by atoms with Crippen LogP contribution >= 0.6 is 0 Å². The molecule has 106 valence electrons. The number of hydrogen-bond acceptors (Lipinski definition) is 2. The number of nitrogens with two attached hydrogens (primary N) is 1. The molecule has 0 bridgehead atoms. The normalized spacial score (nSPS) is 42.8. The molecule has 5 atom stereocenters. The van der Waals surface area contributed by atoms with Crippen molar-refractivity contribution in [2.45, 2.75) is 51.0 Å². The molecule has 0 radical (unpaired) electrons. The lowest BCUT2D eigenvalue weighted by Gasteiger charge is -2.49. The predicted molar refractivity (Wildman–Crippen MR) is 79.3 cm³/mol. The van der Waals surface area contributed by atoms with Gasteiger partial charge >= 0.3 is 0 Å². The van der Waals surface area contributed by atoms with E-state index in [2.05, 4.69) is 31.2 Å². The molecule has 2 N–H and O–H groups in total. The second-order valence-electron chi connectivity index (χ2n) is 7.27. The average molecular weight is 269 g/mol. The van der Waals surface area contributed by atoms with Gasteiger partial charge in [-0.25, -0.2) is 0 Å². The minimum atomic E-state index is -0.0484. The molecule has 4 rings (SSSR count). The van der Waals surface area contributed by atoms with E-state index >= 15 is 0 Å². The quantitative estimate of drug-likeness (QED) is 0.782. The Kier molecular flexibility index (Phi) is 2.62. The molecule has 20 heavy (non-hydrogen) atoms. The van der Waals surface area contributed by atoms with E-state index in [-0.39, 0.29) is 11.5 Å². The van der Waals surface area contributed by atoms with Gasteiger partial charge in [0.2, 0.25) is 0 Å². The highest BCUT2D eigenvalue weighted by Gasteiger charge is 2.55. The van der Waals surface area contributed by atoms with Crippen molar-refractivity contribution in [1.29, 1.82) is 0 Å². The van der Waals surface area contributed by atoms with Crippen LogP contribution in [0.5, 0.6) is 0 Å². The summed E-state index contributed by atoms with van der Waals surface area (Å²) in [5, 5.41) is 0. The van der Waals surface area contributed by atoms with E-state index in [0.717, 1.165) is 32.1 Å². The summed E-state index contributed by atoms with van der Waals surface area (Å²) in [7, 11) is 0. The van der Waals surface area contributed by atoms with Crippen LogP contribution in [0, 0.1) is 17.3 Å². The Hall–Kier alpha value is -1.15. The SMILES string of the molecule is C[C@]12CC[C@@H]3c4ccccc4C(N)C[C@H]3[C@@H]1CCC2=O. The van der Waals surface area contributed by atoms with Crippen LogP contribution < -0.4 is 5.73 Å². The molecule has 0 saturated heterocycles. The molecule has 1 aromatic carbocycles. The van der Waals surface area contributed by atoms with E-state index in [9.17, 15) is 4.79 Å². The second kappa shape index (κ2) is 4.17. The van der Waals surface area contributed by atoms with Crippen LogP contribution in [0.15, 0.2) is 24.3 Å². The first-order valence-electron chi connectivity index (χ1n) is 7.99. The summed E-state index contributed by atoms with van der Waals surface area (Å²) in [5.41, 5.74) is 9.20. The highest BCUT2D eigenvalue weighted by atomic mass is 16.1. The molecule has 0 spiro atoms. The van der Waals surface area contributed by atoms with Gasteiger partial charge < -0.3 is 5.73 Å². The summed E-state index contributed by atoms with van der Waals surface area (Å²) in [6.45, 7) is 2.22. The number of fused-ring (bicyclic) bond motifs is 5. The fourth-order valence-corrected chi connectivity index (χ4v) is 5.38. The van der Waals surface area contributed by atoms with E-state index in [1.165, 1.54) is 11.1 Å². The number of rotatable bonds is 0. The minimum absolute atomic E-state index is 0.0484. The van der Waals surface area contributed by atoms with Crippen molar-refractivity contribution in [3.8, 4) is 0 Å². The molecule has 0 amide bonds. The first-order chi connectivity index (χ1) is 9.61. The van der Waals surface area contributed by atoms with Gasteiger partial charge in [0, 0.05) is 17.9 Å². The van der Waals surface area contributed by atoms with E-state index in [0.29, 0.717) is 23.5 Å². The molecule has 2 nitrogen and oxygen atoms in total. The third-order valence-corrected chi connectivity index (χ3v) is 6.47. The number of carbonyl (C=O) groups excluding carboxylic acids is 1. The van der Waals surface area contributed by atoms with Gasteiger partial charge in [0.05, 0.1) is 0 Å². The van der Waals surface area contributed by atoms with Gasteiger partial charge in [-0.15, -0.1) is 0 Å². The van der Waals surface area contributed by atoms with E-state index < -0.39 is 0 Å².